The van der Waals surface area contributed by atoms with Gasteiger partial charge in [-0.1, -0.05) is 12.1 Å². The van der Waals surface area contributed by atoms with Crippen LogP contribution in [0.5, 0.6) is 0 Å². The molecule has 2 N–H and O–H groups in total. The van der Waals surface area contributed by atoms with Crippen LogP contribution in [0.15, 0.2) is 42.5 Å². The van der Waals surface area contributed by atoms with E-state index in [2.05, 4.69) is 5.32 Å². The molecular weight excluding hydrogens is 376 g/mol. The summed E-state index contributed by atoms with van der Waals surface area (Å²) < 4.78 is 13.8. The van der Waals surface area contributed by atoms with Crippen LogP contribution in [0.1, 0.15) is 20.7 Å². The summed E-state index contributed by atoms with van der Waals surface area (Å²) in [4.78, 5) is 23.1. The van der Waals surface area contributed by atoms with Crippen LogP contribution in [0.4, 0.5) is 10.1 Å². The predicted molar refractivity (Wildman–Crippen MR) is 80.5 cm³/mol. The van der Waals surface area contributed by atoms with E-state index in [0.717, 1.165) is 15.7 Å². The summed E-state index contributed by atoms with van der Waals surface area (Å²) in [6, 6.07) is 10.1. The maximum Gasteiger partial charge on any atom is 0.337 e. The van der Waals surface area contributed by atoms with E-state index in [9.17, 15) is 14.0 Å². The van der Waals surface area contributed by atoms with E-state index < -0.39 is 17.7 Å². The van der Waals surface area contributed by atoms with E-state index in [0.29, 0.717) is 5.56 Å². The molecule has 0 aliphatic rings. The molecule has 0 aliphatic carbocycles. The van der Waals surface area contributed by atoms with Crippen LogP contribution in [-0.4, -0.2) is 17.0 Å². The first-order valence-corrected chi connectivity index (χ1v) is 6.65. The maximum absolute atomic E-state index is 13.1. The van der Waals surface area contributed by atoms with Crippen molar-refractivity contribution in [1.82, 2.24) is 0 Å². The van der Waals surface area contributed by atoms with Gasteiger partial charge in [0.05, 0.1) is 16.8 Å². The number of carboxylic acid groups (broad SMARTS) is 1. The molecule has 4 nitrogen and oxygen atoms in total. The van der Waals surface area contributed by atoms with Crippen molar-refractivity contribution in [1.29, 1.82) is 0 Å². The molecule has 20 heavy (non-hydrogen) atoms. The third-order valence-electron chi connectivity index (χ3n) is 2.58. The number of anilines is 1. The molecule has 0 heterocycles. The summed E-state index contributed by atoms with van der Waals surface area (Å²) in [5.41, 5.74) is 0.196. The Morgan fingerprint density at radius 3 is 2.45 bits per heavy atom. The van der Waals surface area contributed by atoms with E-state index in [1.807, 2.05) is 22.6 Å². The van der Waals surface area contributed by atoms with E-state index in [-0.39, 0.29) is 11.3 Å². The largest absolute Gasteiger partial charge is 0.478 e. The number of carbonyl (C=O) groups is 2. The summed E-state index contributed by atoms with van der Waals surface area (Å²) in [7, 11) is 0. The molecular formula is C14H9FINO3. The molecule has 0 unspecified atom stereocenters. The SMILES string of the molecule is O=C(Nc1ccc(F)cc1C(=O)O)c1ccccc1I. The molecule has 0 fully saturated rings. The molecule has 0 saturated carbocycles. The van der Waals surface area contributed by atoms with Crippen LogP contribution < -0.4 is 5.32 Å². The third-order valence-corrected chi connectivity index (χ3v) is 3.52. The number of hydrogen-bond donors (Lipinski definition) is 2. The molecule has 0 aromatic heterocycles. The molecule has 102 valence electrons. The number of halogens is 2. The van der Waals surface area contributed by atoms with Gasteiger partial charge in [-0.2, -0.15) is 0 Å². The maximum atomic E-state index is 13.1. The molecule has 1 amide bonds. The van der Waals surface area contributed by atoms with E-state index in [4.69, 9.17) is 5.11 Å². The Morgan fingerprint density at radius 1 is 1.10 bits per heavy atom. The Balaban J connectivity index is 2.33. The average molecular weight is 385 g/mol. The van der Waals surface area contributed by atoms with E-state index >= 15 is 0 Å². The quantitative estimate of drug-likeness (QED) is 0.797. The van der Waals surface area contributed by atoms with E-state index in [1.165, 1.54) is 6.07 Å². The van der Waals surface area contributed by atoms with Crippen LogP contribution in [0.2, 0.25) is 0 Å². The summed E-state index contributed by atoms with van der Waals surface area (Å²) >= 11 is 2.01. The van der Waals surface area contributed by atoms with Gasteiger partial charge in [0.25, 0.3) is 5.91 Å². The number of amides is 1. The van der Waals surface area contributed by atoms with Gasteiger partial charge in [-0.25, -0.2) is 9.18 Å². The van der Waals surface area contributed by atoms with Gasteiger partial charge in [0.2, 0.25) is 0 Å². The van der Waals surface area contributed by atoms with Gasteiger partial charge in [0, 0.05) is 3.57 Å². The minimum absolute atomic E-state index is 0.0588. The van der Waals surface area contributed by atoms with Gasteiger partial charge in [0.1, 0.15) is 5.82 Å². The topological polar surface area (TPSA) is 66.4 Å². The second-order valence-electron chi connectivity index (χ2n) is 3.93. The molecule has 2 aromatic rings. The van der Waals surface area contributed by atoms with Crippen LogP contribution in [0, 0.1) is 9.39 Å². The van der Waals surface area contributed by atoms with Gasteiger partial charge in [-0.3, -0.25) is 4.79 Å². The first-order chi connectivity index (χ1) is 9.49. The molecule has 6 heteroatoms. The fraction of sp³-hybridized carbons (Fsp3) is 0. The van der Waals surface area contributed by atoms with Crippen LogP contribution in [0.3, 0.4) is 0 Å². The van der Waals surface area contributed by atoms with Crippen molar-refractivity contribution >= 4 is 40.2 Å². The highest BCUT2D eigenvalue weighted by atomic mass is 127. The Bertz CT molecular complexity index is 688. The molecule has 2 aromatic carbocycles. The van der Waals surface area contributed by atoms with Crippen molar-refractivity contribution in [3.05, 3.63) is 63.0 Å². The Labute approximate surface area is 127 Å². The van der Waals surface area contributed by atoms with Crippen LogP contribution >= 0.6 is 22.6 Å². The third kappa shape index (κ3) is 3.13. The van der Waals surface area contributed by atoms with Gasteiger partial charge >= 0.3 is 5.97 Å². The smallest absolute Gasteiger partial charge is 0.337 e. The normalized spacial score (nSPS) is 10.1. The van der Waals surface area contributed by atoms with Gasteiger partial charge in [-0.15, -0.1) is 0 Å². The molecule has 0 aliphatic heterocycles. The molecule has 0 atom stereocenters. The van der Waals surface area contributed by atoms with Crippen molar-refractivity contribution in [2.45, 2.75) is 0 Å². The predicted octanol–water partition coefficient (Wildman–Crippen LogP) is 3.38. The highest BCUT2D eigenvalue weighted by Gasteiger charge is 2.15. The van der Waals surface area contributed by atoms with Crippen molar-refractivity contribution in [2.24, 2.45) is 0 Å². The Kier molecular flexibility index (Phi) is 4.33. The summed E-state index contributed by atoms with van der Waals surface area (Å²) in [6.07, 6.45) is 0. The lowest BCUT2D eigenvalue weighted by Gasteiger charge is -2.09. The fourth-order valence-corrected chi connectivity index (χ4v) is 2.27. The summed E-state index contributed by atoms with van der Waals surface area (Å²) in [5, 5.41) is 11.5. The second kappa shape index (κ2) is 6.00. The molecule has 0 saturated heterocycles. The number of benzene rings is 2. The van der Waals surface area contributed by atoms with Gasteiger partial charge < -0.3 is 10.4 Å². The number of rotatable bonds is 3. The lowest BCUT2D eigenvalue weighted by Crippen LogP contribution is -2.16. The molecule has 0 bridgehead atoms. The van der Waals surface area contributed by atoms with Crippen molar-refractivity contribution in [3.63, 3.8) is 0 Å². The average Bonchev–Trinajstić information content (AvgIpc) is 2.41. The van der Waals surface area contributed by atoms with Crippen molar-refractivity contribution in [2.75, 3.05) is 5.32 Å². The minimum Gasteiger partial charge on any atom is -0.478 e. The number of carboxylic acids is 1. The molecule has 2 rings (SSSR count). The molecule has 0 spiro atoms. The Hall–Kier alpha value is -1.96. The number of aromatic carboxylic acids is 1. The zero-order chi connectivity index (χ0) is 14.7. The van der Waals surface area contributed by atoms with Gasteiger partial charge in [0.15, 0.2) is 0 Å². The number of carbonyl (C=O) groups excluding carboxylic acids is 1. The minimum atomic E-state index is -1.30. The van der Waals surface area contributed by atoms with Crippen molar-refractivity contribution in [3.8, 4) is 0 Å². The zero-order valence-electron chi connectivity index (χ0n) is 10.1. The summed E-state index contributed by atoms with van der Waals surface area (Å²) in [6.45, 7) is 0. The number of hydrogen-bond acceptors (Lipinski definition) is 2. The number of nitrogens with one attached hydrogen (secondary N) is 1. The summed E-state index contributed by atoms with van der Waals surface area (Å²) in [5.74, 6) is -2.42. The fourth-order valence-electron chi connectivity index (χ4n) is 1.64. The first-order valence-electron chi connectivity index (χ1n) is 5.58. The zero-order valence-corrected chi connectivity index (χ0v) is 12.2. The highest BCUT2D eigenvalue weighted by molar-refractivity contribution is 14.1. The first kappa shape index (κ1) is 14.4. The lowest BCUT2D eigenvalue weighted by molar-refractivity contribution is 0.0697. The van der Waals surface area contributed by atoms with Crippen LogP contribution in [0.25, 0.3) is 0 Å². The lowest BCUT2D eigenvalue weighted by atomic mass is 10.1. The molecule has 0 radical (unpaired) electrons. The standard InChI is InChI=1S/C14H9FINO3/c15-8-5-6-12(10(7-8)14(19)20)17-13(18)9-3-1-2-4-11(9)16/h1-7H,(H,17,18)(H,19,20). The monoisotopic (exact) mass is 385 g/mol. The van der Waals surface area contributed by atoms with Crippen LogP contribution in [-0.2, 0) is 0 Å². The van der Waals surface area contributed by atoms with E-state index in [1.54, 1.807) is 24.3 Å². The Morgan fingerprint density at radius 2 is 1.80 bits per heavy atom. The highest BCUT2D eigenvalue weighted by Crippen LogP contribution is 2.19. The van der Waals surface area contributed by atoms with Gasteiger partial charge in [-0.05, 0) is 52.9 Å². The van der Waals surface area contributed by atoms with Crippen molar-refractivity contribution < 1.29 is 19.1 Å². The second-order valence-corrected chi connectivity index (χ2v) is 5.09.